The van der Waals surface area contributed by atoms with Crippen LogP contribution in [0.5, 0.6) is 0 Å². The average Bonchev–Trinajstić information content (AvgIpc) is 2.17. The van der Waals surface area contributed by atoms with Gasteiger partial charge in [-0.3, -0.25) is 4.55 Å². The van der Waals surface area contributed by atoms with Gasteiger partial charge >= 0.3 is 0 Å². The highest BCUT2D eigenvalue weighted by molar-refractivity contribution is 7.85. The Morgan fingerprint density at radius 2 is 1.69 bits per heavy atom. The molecule has 1 aliphatic rings. The summed E-state index contributed by atoms with van der Waals surface area (Å²) in [5, 5.41) is 0. The van der Waals surface area contributed by atoms with E-state index in [-0.39, 0.29) is 0 Å². The summed E-state index contributed by atoms with van der Waals surface area (Å²) in [6, 6.07) is 0. The smallest absolute Gasteiger partial charge is 0.261 e. The van der Waals surface area contributed by atoms with Crippen molar-refractivity contribution in [1.82, 2.24) is 4.90 Å². The number of piperidine rings is 1. The number of rotatable bonds is 3. The van der Waals surface area contributed by atoms with Crippen molar-refractivity contribution in [3.05, 3.63) is 0 Å². The van der Waals surface area contributed by atoms with Gasteiger partial charge < -0.3 is 4.90 Å². The predicted octanol–water partition coefficient (Wildman–Crippen LogP) is 2.02. The first-order chi connectivity index (χ1) is 7.36. The number of likely N-dealkylation sites (tertiary alicyclic amines) is 1. The second kappa shape index (κ2) is 8.03. The third-order valence-corrected chi connectivity index (χ3v) is 2.85. The van der Waals surface area contributed by atoms with Gasteiger partial charge in [0.15, 0.2) is 0 Å². The van der Waals surface area contributed by atoms with Crippen LogP contribution in [0.25, 0.3) is 0 Å². The van der Waals surface area contributed by atoms with E-state index in [1.165, 1.54) is 45.3 Å². The number of hydrogen-bond acceptors (Lipinski definition) is 3. The first kappa shape index (κ1) is 15.9. The molecule has 0 aromatic rings. The molecule has 1 rings (SSSR count). The SMILES string of the molecule is CCCC1CCN(CC)CC1.CS(=O)(=O)O. The Hall–Kier alpha value is -0.130. The van der Waals surface area contributed by atoms with Crippen LogP contribution in [-0.2, 0) is 10.1 Å². The van der Waals surface area contributed by atoms with Crippen molar-refractivity contribution >= 4 is 10.1 Å². The van der Waals surface area contributed by atoms with Crippen LogP contribution in [0.4, 0.5) is 0 Å². The molecular weight excluding hydrogens is 226 g/mol. The van der Waals surface area contributed by atoms with E-state index in [0.29, 0.717) is 6.26 Å². The van der Waals surface area contributed by atoms with Crippen molar-refractivity contribution in [2.45, 2.75) is 39.5 Å². The Bertz CT molecular complexity index is 248. The molecule has 1 aliphatic heterocycles. The van der Waals surface area contributed by atoms with Crippen LogP contribution in [-0.4, -0.2) is 43.8 Å². The quantitative estimate of drug-likeness (QED) is 0.780. The molecule has 16 heavy (non-hydrogen) atoms. The molecule has 0 aromatic heterocycles. The molecule has 0 bridgehead atoms. The molecule has 1 heterocycles. The fourth-order valence-electron chi connectivity index (χ4n) is 2.00. The maximum atomic E-state index is 9.19. The van der Waals surface area contributed by atoms with Crippen LogP contribution in [0.3, 0.4) is 0 Å². The van der Waals surface area contributed by atoms with Crippen molar-refractivity contribution in [1.29, 1.82) is 0 Å². The van der Waals surface area contributed by atoms with E-state index < -0.39 is 10.1 Å². The predicted molar refractivity (Wildman–Crippen MR) is 67.2 cm³/mol. The average molecular weight is 251 g/mol. The Morgan fingerprint density at radius 3 is 2.00 bits per heavy atom. The van der Waals surface area contributed by atoms with Crippen LogP contribution in [0.15, 0.2) is 0 Å². The van der Waals surface area contributed by atoms with E-state index in [9.17, 15) is 8.42 Å². The van der Waals surface area contributed by atoms with Gasteiger partial charge in [-0.2, -0.15) is 8.42 Å². The Labute approximate surface area is 99.8 Å². The molecule has 0 amide bonds. The molecule has 0 atom stereocenters. The largest absolute Gasteiger partial charge is 0.304 e. The molecule has 0 radical (unpaired) electrons. The molecule has 98 valence electrons. The summed E-state index contributed by atoms with van der Waals surface area (Å²) in [4.78, 5) is 2.56. The molecule has 0 saturated carbocycles. The van der Waals surface area contributed by atoms with Crippen molar-refractivity contribution in [3.63, 3.8) is 0 Å². The molecule has 0 aromatic carbocycles. The Kier molecular flexibility index (Phi) is 7.97. The van der Waals surface area contributed by atoms with Gasteiger partial charge in [0.25, 0.3) is 10.1 Å². The zero-order valence-corrected chi connectivity index (χ0v) is 11.5. The third-order valence-electron chi connectivity index (χ3n) is 2.85. The summed E-state index contributed by atoms with van der Waals surface area (Å²) in [5.74, 6) is 1.04. The molecule has 4 nitrogen and oxygen atoms in total. The van der Waals surface area contributed by atoms with E-state index in [1.807, 2.05) is 0 Å². The van der Waals surface area contributed by atoms with Crippen LogP contribution >= 0.6 is 0 Å². The first-order valence-corrected chi connectivity index (χ1v) is 7.86. The topological polar surface area (TPSA) is 57.6 Å². The first-order valence-electron chi connectivity index (χ1n) is 6.01. The normalized spacial score (nSPS) is 19.0. The number of hydrogen-bond donors (Lipinski definition) is 1. The summed E-state index contributed by atoms with van der Waals surface area (Å²) in [6.07, 6.45) is 6.44. The van der Waals surface area contributed by atoms with Gasteiger partial charge in [-0.1, -0.05) is 26.7 Å². The molecule has 0 spiro atoms. The van der Waals surface area contributed by atoms with Crippen molar-refractivity contribution in [2.24, 2.45) is 5.92 Å². The molecule has 1 N–H and O–H groups in total. The molecule has 1 saturated heterocycles. The van der Waals surface area contributed by atoms with Crippen LogP contribution in [0.2, 0.25) is 0 Å². The van der Waals surface area contributed by atoms with Crippen molar-refractivity contribution < 1.29 is 13.0 Å². The fourth-order valence-corrected chi connectivity index (χ4v) is 2.00. The van der Waals surface area contributed by atoms with E-state index in [0.717, 1.165) is 5.92 Å². The summed E-state index contributed by atoms with van der Waals surface area (Å²) >= 11 is 0. The van der Waals surface area contributed by atoms with Crippen molar-refractivity contribution in [3.8, 4) is 0 Å². The van der Waals surface area contributed by atoms with Crippen LogP contribution in [0.1, 0.15) is 39.5 Å². The minimum atomic E-state index is -3.67. The van der Waals surface area contributed by atoms with Gasteiger partial charge in [-0.05, 0) is 38.4 Å². The molecule has 0 aliphatic carbocycles. The van der Waals surface area contributed by atoms with E-state index >= 15 is 0 Å². The van der Waals surface area contributed by atoms with Gasteiger partial charge in [-0.15, -0.1) is 0 Å². The van der Waals surface area contributed by atoms with Crippen LogP contribution < -0.4 is 0 Å². The van der Waals surface area contributed by atoms with Gasteiger partial charge in [0.05, 0.1) is 6.26 Å². The lowest BCUT2D eigenvalue weighted by Crippen LogP contribution is -2.33. The van der Waals surface area contributed by atoms with E-state index in [1.54, 1.807) is 0 Å². The second-order valence-corrected chi connectivity index (χ2v) is 5.87. The van der Waals surface area contributed by atoms with Gasteiger partial charge in [-0.25, -0.2) is 0 Å². The maximum absolute atomic E-state index is 9.19. The van der Waals surface area contributed by atoms with Crippen molar-refractivity contribution in [2.75, 3.05) is 25.9 Å². The fraction of sp³-hybridized carbons (Fsp3) is 1.00. The molecule has 5 heteroatoms. The molecular formula is C11H25NO3S. The summed E-state index contributed by atoms with van der Waals surface area (Å²) in [7, 11) is -3.67. The zero-order valence-electron chi connectivity index (χ0n) is 10.6. The van der Waals surface area contributed by atoms with Gasteiger partial charge in [0.1, 0.15) is 0 Å². The monoisotopic (exact) mass is 251 g/mol. The molecule has 1 fully saturated rings. The Balaban J connectivity index is 0.000000385. The minimum Gasteiger partial charge on any atom is -0.304 e. The highest BCUT2D eigenvalue weighted by atomic mass is 32.2. The van der Waals surface area contributed by atoms with Gasteiger partial charge in [0, 0.05) is 0 Å². The summed E-state index contributed by atoms with van der Waals surface area (Å²) < 4.78 is 25.9. The lowest BCUT2D eigenvalue weighted by molar-refractivity contribution is 0.186. The Morgan fingerprint density at radius 1 is 1.25 bits per heavy atom. The van der Waals surface area contributed by atoms with E-state index in [4.69, 9.17) is 4.55 Å². The highest BCUT2D eigenvalue weighted by Gasteiger charge is 2.16. The lowest BCUT2D eigenvalue weighted by atomic mass is 9.93. The summed E-state index contributed by atoms with van der Waals surface area (Å²) in [5.41, 5.74) is 0. The second-order valence-electron chi connectivity index (χ2n) is 4.40. The molecule has 0 unspecified atom stereocenters. The maximum Gasteiger partial charge on any atom is 0.261 e. The zero-order chi connectivity index (χ0) is 12.6. The minimum absolute atomic E-state index is 0.715. The standard InChI is InChI=1S/C10H21N.CH4O3S/c1-3-5-10-6-8-11(4-2)9-7-10;1-5(2,3)4/h10H,3-9H2,1-2H3;1H3,(H,2,3,4). The van der Waals surface area contributed by atoms with Crippen LogP contribution in [0, 0.1) is 5.92 Å². The lowest BCUT2D eigenvalue weighted by Gasteiger charge is -2.30. The van der Waals surface area contributed by atoms with Gasteiger partial charge in [0.2, 0.25) is 0 Å². The summed E-state index contributed by atoms with van der Waals surface area (Å²) in [6.45, 7) is 8.51. The van der Waals surface area contributed by atoms with E-state index in [2.05, 4.69) is 18.7 Å². The highest BCUT2D eigenvalue weighted by Crippen LogP contribution is 2.20. The number of nitrogens with zero attached hydrogens (tertiary/aromatic N) is 1. The third kappa shape index (κ3) is 10.4.